The zero-order valence-electron chi connectivity index (χ0n) is 11.8. The number of allylic oxidation sites excluding steroid dienone is 1. The van der Waals surface area contributed by atoms with E-state index in [-0.39, 0.29) is 0 Å². The van der Waals surface area contributed by atoms with E-state index >= 15 is 0 Å². The van der Waals surface area contributed by atoms with E-state index in [1.165, 1.54) is 0 Å². The van der Waals surface area contributed by atoms with Crippen LogP contribution in [0.5, 0.6) is 0 Å². The van der Waals surface area contributed by atoms with Gasteiger partial charge in [-0.05, 0) is 18.9 Å². The van der Waals surface area contributed by atoms with Crippen molar-refractivity contribution >= 4 is 23.1 Å². The van der Waals surface area contributed by atoms with Crippen LogP contribution in [-0.4, -0.2) is 23.1 Å². The molecule has 8 heteroatoms. The second-order valence-corrected chi connectivity index (χ2v) is 5.15. The Morgan fingerprint density at radius 2 is 1.82 bits per heavy atom. The maximum absolute atomic E-state index is 12.6. The monoisotopic (exact) mass is 331 g/mol. The van der Waals surface area contributed by atoms with Crippen molar-refractivity contribution in [3.63, 3.8) is 0 Å². The van der Waals surface area contributed by atoms with Crippen molar-refractivity contribution in [3.05, 3.63) is 47.2 Å². The molecule has 120 valence electrons. The van der Waals surface area contributed by atoms with E-state index in [1.807, 2.05) is 30.3 Å². The molecule has 0 radical (unpaired) electrons. The van der Waals surface area contributed by atoms with Crippen LogP contribution >= 0.6 is 12.2 Å². The molecule has 0 fully saturated rings. The zero-order valence-corrected chi connectivity index (χ0v) is 12.6. The highest BCUT2D eigenvalue weighted by molar-refractivity contribution is 7.80. The number of thiocarbonyl (C=S) groups is 1. The van der Waals surface area contributed by atoms with Gasteiger partial charge in [0.1, 0.15) is 16.3 Å². The van der Waals surface area contributed by atoms with Crippen LogP contribution in [0.3, 0.4) is 0 Å². The van der Waals surface area contributed by atoms with Gasteiger partial charge in [-0.2, -0.15) is 13.2 Å². The minimum absolute atomic E-state index is 0.416. The molecule has 0 aliphatic carbocycles. The highest BCUT2D eigenvalue weighted by atomic mass is 32.1. The number of amides is 1. The first kappa shape index (κ1) is 18.0. The van der Waals surface area contributed by atoms with Crippen LogP contribution in [0.2, 0.25) is 0 Å². The molecule has 0 heterocycles. The first-order valence-corrected chi connectivity index (χ1v) is 6.75. The van der Waals surface area contributed by atoms with Gasteiger partial charge in [0.2, 0.25) is 0 Å². The average Bonchev–Trinajstić information content (AvgIpc) is 2.37. The second-order valence-electron chi connectivity index (χ2n) is 4.71. The van der Waals surface area contributed by atoms with Gasteiger partial charge in [-0.15, -0.1) is 0 Å². The summed E-state index contributed by atoms with van der Waals surface area (Å²) in [6, 6.07) is 8.76. The number of rotatable bonds is 5. The molecule has 1 aromatic rings. The predicted octanol–water partition coefficient (Wildman–Crippen LogP) is 1.79. The Morgan fingerprint density at radius 1 is 1.27 bits per heavy atom. The summed E-state index contributed by atoms with van der Waals surface area (Å²) in [6.45, 7) is 1.66. The van der Waals surface area contributed by atoms with E-state index in [4.69, 9.17) is 11.5 Å². The summed E-state index contributed by atoms with van der Waals surface area (Å²) < 4.78 is 37.9. The summed E-state index contributed by atoms with van der Waals surface area (Å²) in [5.41, 5.74) is 8.57. The van der Waals surface area contributed by atoms with Crippen molar-refractivity contribution in [1.82, 2.24) is 5.32 Å². The maximum Gasteiger partial charge on any atom is 0.431 e. The highest BCUT2D eigenvalue weighted by Gasteiger charge is 2.37. The lowest BCUT2D eigenvalue weighted by Gasteiger charge is -2.17. The summed E-state index contributed by atoms with van der Waals surface area (Å²) in [5.74, 6) is -1.04. The summed E-state index contributed by atoms with van der Waals surface area (Å²) in [7, 11) is 0. The number of halogens is 3. The van der Waals surface area contributed by atoms with Crippen LogP contribution in [0.25, 0.3) is 0 Å². The number of nitrogens with one attached hydrogen (secondary N) is 1. The Balaban J connectivity index is 2.87. The van der Waals surface area contributed by atoms with Gasteiger partial charge in [-0.3, -0.25) is 4.79 Å². The summed E-state index contributed by atoms with van der Waals surface area (Å²) >= 11 is 4.50. The molecule has 0 spiro atoms. The minimum atomic E-state index is -4.88. The van der Waals surface area contributed by atoms with Crippen molar-refractivity contribution < 1.29 is 18.0 Å². The lowest BCUT2D eigenvalue weighted by atomic mass is 10.1. The van der Waals surface area contributed by atoms with Gasteiger partial charge >= 0.3 is 6.18 Å². The number of nitrogens with two attached hydrogens (primary N) is 2. The molecular weight excluding hydrogens is 315 g/mol. The fraction of sp³-hybridized carbons (Fsp3) is 0.286. The van der Waals surface area contributed by atoms with E-state index in [0.717, 1.165) is 5.56 Å². The predicted molar refractivity (Wildman–Crippen MR) is 81.8 cm³/mol. The van der Waals surface area contributed by atoms with Crippen LogP contribution < -0.4 is 16.8 Å². The summed E-state index contributed by atoms with van der Waals surface area (Å²) in [4.78, 5) is 11.3. The molecule has 0 aliphatic rings. The molecule has 0 bridgehead atoms. The largest absolute Gasteiger partial charge is 0.431 e. The lowest BCUT2D eigenvalue weighted by Crippen LogP contribution is -2.41. The molecule has 1 amide bonds. The van der Waals surface area contributed by atoms with Gasteiger partial charge in [0.05, 0.1) is 0 Å². The normalized spacial score (nSPS) is 14.0. The molecule has 1 rings (SSSR count). The SMILES string of the molecule is C[C@H](Cc1ccccc1)NC(=O)/C(C(N)=S)=C(/N)C(F)(F)F. The molecule has 4 nitrogen and oxygen atoms in total. The molecule has 1 atom stereocenters. The first-order chi connectivity index (χ1) is 10.1. The third-order valence-corrected chi connectivity index (χ3v) is 3.01. The minimum Gasteiger partial charge on any atom is -0.394 e. The number of carbonyl (C=O) groups is 1. The van der Waals surface area contributed by atoms with Crippen molar-refractivity contribution in [2.75, 3.05) is 0 Å². The molecule has 0 aromatic heterocycles. The van der Waals surface area contributed by atoms with Crippen molar-refractivity contribution in [2.45, 2.75) is 25.6 Å². The summed E-state index contributed by atoms with van der Waals surface area (Å²) in [6.07, 6.45) is -4.43. The quantitative estimate of drug-likeness (QED) is 0.568. The van der Waals surface area contributed by atoms with Gasteiger partial charge in [0.25, 0.3) is 5.91 Å². The Hall–Kier alpha value is -2.09. The number of carbonyl (C=O) groups excluding carboxylic acids is 1. The highest BCUT2D eigenvalue weighted by Crippen LogP contribution is 2.24. The molecule has 5 N–H and O–H groups in total. The van der Waals surface area contributed by atoms with E-state index in [0.29, 0.717) is 6.42 Å². The van der Waals surface area contributed by atoms with Crippen LogP contribution in [0, 0.1) is 0 Å². The summed E-state index contributed by atoms with van der Waals surface area (Å²) in [5, 5.41) is 2.42. The Kier molecular flexibility index (Phi) is 5.92. The Bertz CT molecular complexity index is 585. The molecule has 0 unspecified atom stereocenters. The van der Waals surface area contributed by atoms with Gasteiger partial charge in [0.15, 0.2) is 0 Å². The molecule has 0 aliphatic heterocycles. The van der Waals surface area contributed by atoms with Crippen LogP contribution in [-0.2, 0) is 11.2 Å². The van der Waals surface area contributed by atoms with E-state index in [2.05, 4.69) is 17.5 Å². The third kappa shape index (κ3) is 5.03. The maximum atomic E-state index is 12.6. The van der Waals surface area contributed by atoms with E-state index < -0.39 is 34.4 Å². The van der Waals surface area contributed by atoms with Crippen LogP contribution in [0.1, 0.15) is 12.5 Å². The zero-order chi connectivity index (χ0) is 16.9. The number of hydrogen-bond acceptors (Lipinski definition) is 3. The van der Waals surface area contributed by atoms with Crippen molar-refractivity contribution in [3.8, 4) is 0 Å². The molecule has 0 saturated carbocycles. The third-order valence-electron chi connectivity index (χ3n) is 2.81. The smallest absolute Gasteiger partial charge is 0.394 e. The van der Waals surface area contributed by atoms with Crippen LogP contribution in [0.15, 0.2) is 41.6 Å². The standard InChI is InChI=1S/C14H16F3N3OS/c1-8(7-9-5-3-2-4-6-9)20-13(21)10(12(19)22)11(18)14(15,16)17/h2-6,8H,7,18H2,1H3,(H2,19,22)(H,20,21)/b11-10+/t8-/m1/s1. The fourth-order valence-corrected chi connectivity index (χ4v) is 2.03. The van der Waals surface area contributed by atoms with E-state index in [1.54, 1.807) is 6.92 Å². The average molecular weight is 331 g/mol. The number of hydrogen-bond donors (Lipinski definition) is 3. The van der Waals surface area contributed by atoms with Gasteiger partial charge in [-0.1, -0.05) is 42.5 Å². The van der Waals surface area contributed by atoms with E-state index in [9.17, 15) is 18.0 Å². The Labute approximate surface area is 131 Å². The van der Waals surface area contributed by atoms with Gasteiger partial charge in [-0.25, -0.2) is 0 Å². The number of alkyl halides is 3. The second kappa shape index (κ2) is 7.26. The van der Waals surface area contributed by atoms with Crippen molar-refractivity contribution in [1.29, 1.82) is 0 Å². The first-order valence-electron chi connectivity index (χ1n) is 6.34. The van der Waals surface area contributed by atoms with Gasteiger partial charge in [0, 0.05) is 6.04 Å². The van der Waals surface area contributed by atoms with Gasteiger partial charge < -0.3 is 16.8 Å². The number of benzene rings is 1. The molecule has 22 heavy (non-hydrogen) atoms. The molecular formula is C14H16F3N3OS. The lowest BCUT2D eigenvalue weighted by molar-refractivity contribution is -0.119. The van der Waals surface area contributed by atoms with Crippen molar-refractivity contribution in [2.24, 2.45) is 11.5 Å². The molecule has 1 aromatic carbocycles. The molecule has 0 saturated heterocycles. The Morgan fingerprint density at radius 3 is 2.27 bits per heavy atom. The fourth-order valence-electron chi connectivity index (χ4n) is 1.82. The topological polar surface area (TPSA) is 81.1 Å². The van der Waals surface area contributed by atoms with Crippen LogP contribution in [0.4, 0.5) is 13.2 Å².